The highest BCUT2D eigenvalue weighted by molar-refractivity contribution is 6.31. The maximum absolute atomic E-state index is 13.5. The zero-order chi connectivity index (χ0) is 42.9. The van der Waals surface area contributed by atoms with E-state index in [0.29, 0.717) is 48.1 Å². The summed E-state index contributed by atoms with van der Waals surface area (Å²) in [6.45, 7) is 1.11. The Morgan fingerprint density at radius 1 is 0.633 bits per heavy atom. The largest absolute Gasteiger partial charge is 0.418 e. The van der Waals surface area contributed by atoms with Crippen LogP contribution in [0.1, 0.15) is 92.1 Å². The van der Waals surface area contributed by atoms with E-state index in [-0.39, 0.29) is 82.7 Å². The van der Waals surface area contributed by atoms with Gasteiger partial charge < -0.3 is 9.80 Å². The predicted octanol–water partition coefficient (Wildman–Crippen LogP) is 8.59. The van der Waals surface area contributed by atoms with Crippen LogP contribution in [0.3, 0.4) is 0 Å². The van der Waals surface area contributed by atoms with Crippen LogP contribution in [-0.2, 0) is 12.4 Å². The average molecular weight is 868 g/mol. The number of hydrogen-bond acceptors (Lipinski definition) is 8. The van der Waals surface area contributed by atoms with Gasteiger partial charge in [-0.25, -0.2) is 0 Å². The molecule has 2 aromatic carbocycles. The molecular formula is C40H30Cl2F6N10O2. The molecule has 0 unspecified atom stereocenters. The maximum Gasteiger partial charge on any atom is 0.418 e. The van der Waals surface area contributed by atoms with E-state index in [2.05, 4.69) is 20.4 Å². The lowest BCUT2D eigenvalue weighted by Gasteiger charge is -2.33. The Morgan fingerprint density at radius 2 is 1.12 bits per heavy atom. The number of carbonyl (C=O) groups excluding carboxylic acids is 2. The van der Waals surface area contributed by atoms with Gasteiger partial charge in [0.1, 0.15) is 12.1 Å². The Balaban J connectivity index is 0.000000181. The lowest BCUT2D eigenvalue weighted by Crippen LogP contribution is -2.39. The number of fused-ring (bicyclic) bond motifs is 2. The summed E-state index contributed by atoms with van der Waals surface area (Å²) in [6.07, 6.45) is -4.56. The summed E-state index contributed by atoms with van der Waals surface area (Å²) in [5, 5.41) is 33.8. The second-order valence-electron chi connectivity index (χ2n) is 14.1. The van der Waals surface area contributed by atoms with Crippen LogP contribution in [0, 0.1) is 22.7 Å². The summed E-state index contributed by atoms with van der Waals surface area (Å²) in [7, 11) is 0. The third-order valence-corrected chi connectivity index (χ3v) is 11.1. The second kappa shape index (κ2) is 16.8. The van der Waals surface area contributed by atoms with Crippen LogP contribution in [0.15, 0.2) is 73.1 Å². The third-order valence-electron chi connectivity index (χ3n) is 10.5. The number of nitriles is 2. The number of hydrogen-bond donors (Lipinski definition) is 0. The molecule has 12 nitrogen and oxygen atoms in total. The van der Waals surface area contributed by atoms with Gasteiger partial charge in [0.05, 0.1) is 27.3 Å². The van der Waals surface area contributed by atoms with Gasteiger partial charge in [-0.05, 0) is 97.2 Å². The van der Waals surface area contributed by atoms with Crippen molar-refractivity contribution in [3.8, 4) is 12.1 Å². The molecule has 20 heteroatoms. The van der Waals surface area contributed by atoms with Crippen molar-refractivity contribution in [2.45, 2.75) is 49.9 Å². The highest BCUT2D eigenvalue weighted by atomic mass is 35.5. The summed E-state index contributed by atoms with van der Waals surface area (Å²) < 4.78 is 83.5. The summed E-state index contributed by atoms with van der Waals surface area (Å²) in [5.41, 5.74) is 0.406. The first-order valence-corrected chi connectivity index (χ1v) is 19.1. The van der Waals surface area contributed by atoms with Gasteiger partial charge in [-0.1, -0.05) is 35.3 Å². The van der Waals surface area contributed by atoms with E-state index in [1.54, 1.807) is 34.1 Å². The van der Waals surface area contributed by atoms with Gasteiger partial charge in [-0.3, -0.25) is 18.4 Å². The van der Waals surface area contributed by atoms with Crippen molar-refractivity contribution in [1.29, 1.82) is 10.5 Å². The van der Waals surface area contributed by atoms with E-state index in [1.807, 2.05) is 12.1 Å². The molecule has 2 amide bonds. The lowest BCUT2D eigenvalue weighted by atomic mass is 9.86. The molecule has 0 aliphatic carbocycles. The first kappa shape index (κ1) is 41.9. The molecule has 60 heavy (non-hydrogen) atoms. The zero-order valence-electron chi connectivity index (χ0n) is 31.1. The molecule has 308 valence electrons. The number of pyridine rings is 2. The molecule has 0 bridgehead atoms. The number of alkyl halides is 6. The molecule has 6 heterocycles. The minimum absolute atomic E-state index is 0.0688. The van der Waals surface area contributed by atoms with E-state index < -0.39 is 23.5 Å². The fourth-order valence-corrected chi connectivity index (χ4v) is 8.05. The molecule has 2 fully saturated rings. The molecule has 8 rings (SSSR count). The van der Waals surface area contributed by atoms with Crippen molar-refractivity contribution in [2.75, 3.05) is 26.2 Å². The van der Waals surface area contributed by atoms with Crippen LogP contribution in [-0.4, -0.2) is 77.0 Å². The molecular weight excluding hydrogens is 837 g/mol. The van der Waals surface area contributed by atoms with Gasteiger partial charge >= 0.3 is 12.4 Å². The van der Waals surface area contributed by atoms with E-state index in [9.17, 15) is 35.9 Å². The number of likely N-dealkylation sites (tertiary alicyclic amines) is 2. The van der Waals surface area contributed by atoms with E-state index in [1.165, 1.54) is 51.5 Å². The summed E-state index contributed by atoms with van der Waals surface area (Å²) in [6, 6.07) is 18.1. The van der Waals surface area contributed by atoms with Gasteiger partial charge in [0.25, 0.3) is 11.8 Å². The number of benzene rings is 2. The van der Waals surface area contributed by atoms with Crippen LogP contribution in [0.5, 0.6) is 0 Å². The van der Waals surface area contributed by atoms with Gasteiger partial charge in [0, 0.05) is 43.6 Å². The number of piperidine rings is 2. The Hall–Kier alpha value is -6.24. The van der Waals surface area contributed by atoms with Gasteiger partial charge in [-0.15, -0.1) is 20.4 Å². The highest BCUT2D eigenvalue weighted by Crippen LogP contribution is 2.43. The van der Waals surface area contributed by atoms with E-state index >= 15 is 0 Å². The first-order valence-electron chi connectivity index (χ1n) is 18.4. The van der Waals surface area contributed by atoms with Crippen molar-refractivity contribution in [3.05, 3.63) is 128 Å². The molecule has 2 saturated heterocycles. The normalized spacial score (nSPS) is 15.4. The minimum Gasteiger partial charge on any atom is -0.336 e. The van der Waals surface area contributed by atoms with Gasteiger partial charge in [-0.2, -0.15) is 36.9 Å². The second-order valence-corrected chi connectivity index (χ2v) is 15.0. The van der Waals surface area contributed by atoms with Crippen molar-refractivity contribution < 1.29 is 35.9 Å². The maximum atomic E-state index is 13.5. The SMILES string of the molecule is N#Cc1ccc2nnc(C(=O)N3CCC(c4cc(Cl)ccc4C(F)(F)F)CC3)n2c1.N#Cc1ccc2nnc(C(=O)N3CCC(c4cccc(Cl)c4C(F)(F)F)CC3)n2c1. The topological polar surface area (TPSA) is 149 Å². The Kier molecular flexibility index (Phi) is 11.7. The monoisotopic (exact) mass is 866 g/mol. The molecule has 0 saturated carbocycles. The number of nitrogens with zero attached hydrogens (tertiary/aromatic N) is 10. The van der Waals surface area contributed by atoms with Crippen LogP contribution in [0.2, 0.25) is 10.0 Å². The number of halogens is 8. The number of carbonyl (C=O) groups is 2. The van der Waals surface area contributed by atoms with Crippen molar-refractivity contribution in [1.82, 2.24) is 39.0 Å². The standard InChI is InChI=1S/2C20H15ClF3N5O/c21-14-2-3-16(20(22,23)24)15(9-14)13-5-7-28(8-6-13)19(30)18-27-26-17-4-1-12(10-25)11-29(17)18;21-15-3-1-2-14(17(15)20(22,23)24)13-6-8-28(9-7-13)19(30)18-27-26-16-5-4-12(10-25)11-29(16)18/h1-4,9,11,13H,5-8H2;1-5,11,13H,6-9H2. The van der Waals surface area contributed by atoms with Crippen molar-refractivity contribution in [2.24, 2.45) is 0 Å². The number of rotatable bonds is 4. The molecule has 0 N–H and O–H groups in total. The van der Waals surface area contributed by atoms with Crippen molar-refractivity contribution >= 4 is 46.3 Å². The molecule has 0 spiro atoms. The third kappa shape index (κ3) is 8.57. The average Bonchev–Trinajstić information content (AvgIpc) is 3.86. The van der Waals surface area contributed by atoms with Gasteiger partial charge in [0.15, 0.2) is 11.3 Å². The summed E-state index contributed by atoms with van der Waals surface area (Å²) in [4.78, 5) is 28.9. The smallest absolute Gasteiger partial charge is 0.336 e. The molecule has 4 aromatic heterocycles. The molecule has 0 atom stereocenters. The number of aromatic nitrogens is 6. The number of amides is 2. The Labute approximate surface area is 347 Å². The Bertz CT molecular complexity index is 2560. The van der Waals surface area contributed by atoms with E-state index in [4.69, 9.17) is 33.7 Å². The summed E-state index contributed by atoms with van der Waals surface area (Å²) in [5.74, 6) is -1.33. The fourth-order valence-electron chi connectivity index (χ4n) is 7.59. The lowest BCUT2D eigenvalue weighted by molar-refractivity contribution is -0.139. The first-order chi connectivity index (χ1) is 28.6. The summed E-state index contributed by atoms with van der Waals surface area (Å²) >= 11 is 11.8. The van der Waals surface area contributed by atoms with Crippen LogP contribution in [0.25, 0.3) is 11.3 Å². The van der Waals surface area contributed by atoms with Crippen LogP contribution >= 0.6 is 23.2 Å². The molecule has 0 radical (unpaired) electrons. The minimum atomic E-state index is -4.54. The fraction of sp³-hybridized carbons (Fsp3) is 0.300. The molecule has 2 aliphatic heterocycles. The Morgan fingerprint density at radius 3 is 1.57 bits per heavy atom. The van der Waals surface area contributed by atoms with E-state index in [0.717, 1.165) is 6.07 Å². The van der Waals surface area contributed by atoms with Gasteiger partial charge in [0.2, 0.25) is 11.6 Å². The van der Waals surface area contributed by atoms with Crippen LogP contribution < -0.4 is 0 Å². The quantitative estimate of drug-likeness (QED) is 0.160. The highest BCUT2D eigenvalue weighted by Gasteiger charge is 2.39. The zero-order valence-corrected chi connectivity index (χ0v) is 32.6. The molecule has 2 aliphatic rings. The predicted molar refractivity (Wildman–Crippen MR) is 204 cm³/mol. The van der Waals surface area contributed by atoms with Crippen molar-refractivity contribution in [3.63, 3.8) is 0 Å². The van der Waals surface area contributed by atoms with Crippen LogP contribution in [0.4, 0.5) is 26.3 Å². The molecule has 6 aromatic rings.